The van der Waals surface area contributed by atoms with Crippen molar-refractivity contribution in [2.45, 2.75) is 78.3 Å². The summed E-state index contributed by atoms with van der Waals surface area (Å²) in [6.45, 7) is -7.23. The van der Waals surface area contributed by atoms with Crippen LogP contribution in [0, 0.1) is 39.5 Å². The molecule has 7 heterocycles. The van der Waals surface area contributed by atoms with E-state index < -0.39 is 208 Å². The Kier molecular flexibility index (Phi) is 27.6. The van der Waals surface area contributed by atoms with E-state index >= 15 is 24.0 Å². The van der Waals surface area contributed by atoms with Crippen molar-refractivity contribution >= 4 is 64.9 Å². The second-order valence-electron chi connectivity index (χ2n) is 24.0. The Morgan fingerprint density at radius 3 is 1.09 bits per heavy atom. The molecule has 0 bridgehead atoms. The summed E-state index contributed by atoms with van der Waals surface area (Å²) in [5, 5.41) is 23.1. The molecular weight excluding hydrogens is 1480 g/mol. The van der Waals surface area contributed by atoms with Gasteiger partial charge in [0.1, 0.15) is 75.7 Å². The number of aromatic nitrogens is 14. The molecule has 0 aliphatic rings. The van der Waals surface area contributed by atoms with E-state index in [2.05, 4.69) is 27.1 Å². The second kappa shape index (κ2) is 36.6. The van der Waals surface area contributed by atoms with Crippen LogP contribution >= 0.6 is 0 Å². The third-order valence-corrected chi connectivity index (χ3v) is 15.9. The number of aryl methyl sites for hydroxylation is 4. The minimum absolute atomic E-state index is 0.119. The van der Waals surface area contributed by atoms with E-state index in [4.69, 9.17) is 28.7 Å². The van der Waals surface area contributed by atoms with Gasteiger partial charge in [0.05, 0.1) is 12.2 Å². The lowest BCUT2D eigenvalue weighted by Gasteiger charge is -2.33. The summed E-state index contributed by atoms with van der Waals surface area (Å²) in [5.74, 6) is -10.9. The number of H-pyrrole nitrogens is 5. The number of aliphatic hydroxyl groups is 1. The van der Waals surface area contributed by atoms with Crippen LogP contribution in [0.25, 0.3) is 0 Å². The number of rotatable bonds is 32. The molecule has 50 heteroatoms. The number of nitrogen functional groups attached to an aromatic ring is 2. The van der Waals surface area contributed by atoms with Gasteiger partial charge in [-0.15, -0.1) is 0 Å². The molecule has 50 nitrogen and oxygen atoms in total. The summed E-state index contributed by atoms with van der Waals surface area (Å²) < 4.78 is 2.02. The molecular formula is C61H73N27O23. The Balaban J connectivity index is 1.38. The summed E-state index contributed by atoms with van der Waals surface area (Å²) in [5.41, 5.74) is 11.1. The van der Waals surface area contributed by atoms with Gasteiger partial charge in [0, 0.05) is 59.4 Å². The van der Waals surface area contributed by atoms with E-state index in [1.54, 1.807) is 0 Å². The predicted octanol–water partition coefficient (Wildman–Crippen LogP) is -13.6. The Labute approximate surface area is 617 Å². The average Bonchev–Trinajstić information content (AvgIpc) is 0.794. The first-order valence-electron chi connectivity index (χ1n) is 32.7. The van der Waals surface area contributed by atoms with Crippen molar-refractivity contribution in [1.29, 1.82) is 0 Å². The molecule has 0 aromatic carbocycles. The molecule has 0 aliphatic carbocycles. The Morgan fingerprint density at radius 1 is 0.450 bits per heavy atom. The lowest BCUT2D eigenvalue weighted by molar-refractivity contribution is -0.142. The zero-order valence-corrected chi connectivity index (χ0v) is 59.2. The van der Waals surface area contributed by atoms with Crippen molar-refractivity contribution in [3.05, 3.63) is 208 Å². The van der Waals surface area contributed by atoms with Gasteiger partial charge in [0.25, 0.3) is 69.1 Å². The smallest absolute Gasteiger partial charge is 0.368 e. The Hall–Kier alpha value is -14.6. The molecule has 7 aromatic heterocycles. The van der Waals surface area contributed by atoms with Crippen LogP contribution in [0.5, 0.6) is 0 Å². The Bertz CT molecular complexity index is 5670. The van der Waals surface area contributed by atoms with Crippen molar-refractivity contribution in [3.8, 4) is 11.8 Å². The number of nitrogens with zero attached hydrogens (tertiary/aromatic N) is 16. The number of carboxylic acid groups (broad SMARTS) is 1. The van der Waals surface area contributed by atoms with Gasteiger partial charge >= 0.3 is 45.8 Å². The van der Waals surface area contributed by atoms with E-state index in [9.17, 15) is 86.9 Å². The fourth-order valence-electron chi connectivity index (χ4n) is 10.2. The summed E-state index contributed by atoms with van der Waals surface area (Å²) in [6, 6.07) is -1.47. The molecule has 0 aliphatic heterocycles. The number of carbonyl (C=O) groups excluding carboxylic acids is 8. The summed E-state index contributed by atoms with van der Waals surface area (Å²) in [7, 11) is 0. The number of aromatic amines is 5. The second-order valence-corrected chi connectivity index (χ2v) is 24.0. The highest BCUT2D eigenvalue weighted by molar-refractivity contribution is 6.06. The average molecular weight is 1550 g/mol. The van der Waals surface area contributed by atoms with Gasteiger partial charge in [-0.25, -0.2) is 106 Å². The Morgan fingerprint density at radius 2 is 0.757 bits per heavy atom. The molecule has 0 saturated heterocycles. The van der Waals surface area contributed by atoms with Gasteiger partial charge in [-0.2, -0.15) is 9.97 Å². The number of nitrogens with two attached hydrogens (primary N) is 5. The molecule has 590 valence electrons. The largest absolute Gasteiger partial charge is 0.480 e. The maximum absolute atomic E-state index is 15.5. The fraction of sp³-hybridized carbons (Fsp3) is 0.361. The summed E-state index contributed by atoms with van der Waals surface area (Å²) >= 11 is 0. The van der Waals surface area contributed by atoms with Gasteiger partial charge in [0.15, 0.2) is 0 Å². The van der Waals surface area contributed by atoms with Crippen molar-refractivity contribution < 1.29 is 53.4 Å². The van der Waals surface area contributed by atoms with E-state index in [1.807, 2.05) is 24.9 Å². The molecule has 2 atom stereocenters. The predicted molar refractivity (Wildman–Crippen MR) is 385 cm³/mol. The number of aliphatic hydroxyl groups excluding tert-OH is 1. The van der Waals surface area contributed by atoms with Crippen LogP contribution in [0.4, 0.5) is 11.6 Å². The zero-order chi connectivity index (χ0) is 82.2. The van der Waals surface area contributed by atoms with Crippen LogP contribution in [0.2, 0.25) is 0 Å². The maximum Gasteiger partial charge on any atom is 0.368 e. The first kappa shape index (κ1) is 83.7. The number of aliphatic carboxylic acids is 1. The molecule has 0 radical (unpaired) electrons. The fourth-order valence-corrected chi connectivity index (χ4v) is 10.2. The van der Waals surface area contributed by atoms with Crippen LogP contribution in [0.15, 0.2) is 113 Å². The quantitative estimate of drug-likeness (QED) is 0.0138. The molecule has 0 saturated carbocycles. The van der Waals surface area contributed by atoms with Crippen LogP contribution in [-0.2, 0) is 43.2 Å². The highest BCUT2D eigenvalue weighted by Crippen LogP contribution is 2.09. The van der Waals surface area contributed by atoms with Crippen LogP contribution in [-0.4, -0.2) is 209 Å². The SMILES string of the molecule is Cc1cn(N(CC(=O)NC(CCCCN)C(=O)O)C(=O)CN(C(=O)CN(C(=O)CN(C(=O)CN(C(=O)CN(C(=O)CN(C(=O)C(N)CCCCN)n2cc(C)c(=O)[nH]c2=O)n2cc(C#CCO)c(=O)[nH]c2=O)n2cc(C)c(=O)[nH]c2=O)n2ccc(N)nc2=O)n2ccc(N)nc2=O)n2cc(C)c(=O)[nH]c2=O)c(=O)[nH]c1=O. The van der Waals surface area contributed by atoms with Crippen molar-refractivity contribution in [1.82, 2.24) is 72.9 Å². The highest BCUT2D eigenvalue weighted by atomic mass is 16.4. The molecule has 18 N–H and O–H groups in total. The number of carboxylic acids is 1. The van der Waals surface area contributed by atoms with Crippen molar-refractivity contribution in [2.75, 3.05) is 112 Å². The normalized spacial score (nSPS) is 11.5. The summed E-state index contributed by atoms with van der Waals surface area (Å²) in [4.78, 5) is 310. The van der Waals surface area contributed by atoms with Crippen molar-refractivity contribution in [3.63, 3.8) is 0 Å². The minimum Gasteiger partial charge on any atom is -0.480 e. The number of hydrogen-bond acceptors (Lipinski definition) is 29. The lowest BCUT2D eigenvalue weighted by atomic mass is 10.1. The van der Waals surface area contributed by atoms with Gasteiger partial charge in [-0.05, 0) is 85.0 Å². The topological polar surface area (TPSA) is 703 Å². The van der Waals surface area contributed by atoms with Crippen LogP contribution in [0.1, 0.15) is 66.3 Å². The highest BCUT2D eigenvalue weighted by Gasteiger charge is 2.37. The summed E-state index contributed by atoms with van der Waals surface area (Å²) in [6.07, 6.45) is 5.48. The monoisotopic (exact) mass is 1550 g/mol. The van der Waals surface area contributed by atoms with E-state index in [1.165, 1.54) is 6.92 Å². The molecule has 0 spiro atoms. The number of nitrogens with one attached hydrogen (secondary N) is 6. The third kappa shape index (κ3) is 20.5. The van der Waals surface area contributed by atoms with Gasteiger partial charge in [-0.1, -0.05) is 18.3 Å². The number of hydrogen-bond donors (Lipinski definition) is 13. The standard InChI is InChI=1S/C61H73N27O23/c1-32-20-84(57(107)70-48(32)97)77(25-41(90)67-38(54(103)104)12-6-8-16-63)42(91)28-80(85-21-33(2)49(98)71-58(85)108)45(94)27-79(76-18-14-40(66)69-56(76)106)43(92)26-78(75-17-13-39(65)68-55(75)105)44(93)29-81(86-22-34(3)50(99)72-59(86)109)46(95)30-82(88-24-36(10-9-19-89)52(101)74-61(88)111)47(96)31-83(53(102)37(64)11-5-7-15-62)87-23-35(4)51(100)73-60(87)110/h13-14,17-18,20-24,37-38,89H,5-8,11-12,15-16,19,25-31,62-64H2,1-4H3,(H,67,90)(H,103,104)(H2,65,68,105)(H2,66,69,106)(H,70,97,107)(H,71,98,108)(H,72,99,109)(H,73,100,110)(H,74,101,111). The lowest BCUT2D eigenvalue weighted by Crippen LogP contribution is -2.64. The minimum atomic E-state index is -1.74. The first-order chi connectivity index (χ1) is 52.4. The molecule has 0 fully saturated rings. The van der Waals surface area contributed by atoms with Crippen molar-refractivity contribution in [2.24, 2.45) is 17.2 Å². The molecule has 111 heavy (non-hydrogen) atoms. The number of carbonyl (C=O) groups is 9. The maximum atomic E-state index is 15.5. The van der Waals surface area contributed by atoms with Crippen LogP contribution in [0.3, 0.4) is 0 Å². The first-order valence-corrected chi connectivity index (χ1v) is 32.7. The van der Waals surface area contributed by atoms with E-state index in [-0.39, 0.29) is 109 Å². The van der Waals surface area contributed by atoms with Gasteiger partial charge in [-0.3, -0.25) is 87.2 Å². The number of amides is 8. The molecule has 2 unspecified atom stereocenters. The zero-order valence-electron chi connectivity index (χ0n) is 59.2. The molecule has 7 aromatic rings. The van der Waals surface area contributed by atoms with Gasteiger partial charge in [0.2, 0.25) is 5.91 Å². The van der Waals surface area contributed by atoms with Crippen LogP contribution < -0.4 is 137 Å². The third-order valence-electron chi connectivity index (χ3n) is 15.9. The molecule has 7 rings (SSSR count). The number of anilines is 2. The van der Waals surface area contributed by atoms with Gasteiger partial charge < -0.3 is 44.2 Å². The van der Waals surface area contributed by atoms with E-state index in [0.29, 0.717) is 58.2 Å². The van der Waals surface area contributed by atoms with E-state index in [0.717, 1.165) is 45.3 Å². The number of unbranched alkanes of at least 4 members (excludes halogenated alkanes) is 2. The molecule has 8 amide bonds.